The first-order chi connectivity index (χ1) is 9.71. The number of phenols is 1. The van der Waals surface area contributed by atoms with Crippen molar-refractivity contribution >= 4 is 23.1 Å². The predicted molar refractivity (Wildman–Crippen MR) is 86.9 cm³/mol. The van der Waals surface area contributed by atoms with E-state index >= 15 is 0 Å². The van der Waals surface area contributed by atoms with E-state index in [1.54, 1.807) is 23.9 Å². The Bertz CT molecular complexity index is 586. The van der Waals surface area contributed by atoms with Crippen molar-refractivity contribution < 1.29 is 5.11 Å². The SMILES string of the molecule is CCN(c1cccc(O)c1)c1cccc(SC)c1CN. The molecule has 0 saturated heterocycles. The third kappa shape index (κ3) is 2.92. The number of hydrogen-bond acceptors (Lipinski definition) is 4. The quantitative estimate of drug-likeness (QED) is 0.823. The second-order valence-corrected chi connectivity index (χ2v) is 5.27. The highest BCUT2D eigenvalue weighted by atomic mass is 32.2. The first kappa shape index (κ1) is 14.8. The lowest BCUT2D eigenvalue weighted by atomic mass is 10.1. The fourth-order valence-electron chi connectivity index (χ4n) is 2.36. The van der Waals surface area contributed by atoms with Gasteiger partial charge >= 0.3 is 0 Å². The summed E-state index contributed by atoms with van der Waals surface area (Å²) in [7, 11) is 0. The number of anilines is 2. The summed E-state index contributed by atoms with van der Waals surface area (Å²) in [5.41, 5.74) is 9.16. The lowest BCUT2D eigenvalue weighted by Gasteiger charge is -2.26. The lowest BCUT2D eigenvalue weighted by molar-refractivity contribution is 0.475. The van der Waals surface area contributed by atoms with Crippen LogP contribution < -0.4 is 10.6 Å². The first-order valence-corrected chi connectivity index (χ1v) is 7.86. The van der Waals surface area contributed by atoms with Gasteiger partial charge in [0.2, 0.25) is 0 Å². The molecule has 0 bridgehead atoms. The second kappa shape index (κ2) is 6.68. The molecule has 3 N–H and O–H groups in total. The van der Waals surface area contributed by atoms with E-state index in [0.29, 0.717) is 6.54 Å². The van der Waals surface area contributed by atoms with Crippen molar-refractivity contribution in [2.24, 2.45) is 5.73 Å². The minimum atomic E-state index is 0.274. The standard InChI is InChI=1S/C16H20N2OS/c1-3-18(12-6-4-7-13(19)10-12)15-8-5-9-16(20-2)14(15)11-17/h4-10,19H,3,11,17H2,1-2H3. The van der Waals surface area contributed by atoms with Gasteiger partial charge in [-0.3, -0.25) is 0 Å². The monoisotopic (exact) mass is 288 g/mol. The Balaban J connectivity index is 2.52. The van der Waals surface area contributed by atoms with Crippen molar-refractivity contribution in [3.8, 4) is 5.75 Å². The molecule has 0 saturated carbocycles. The molecular formula is C16H20N2OS. The average Bonchev–Trinajstić information content (AvgIpc) is 2.47. The molecule has 2 rings (SSSR count). The van der Waals surface area contributed by atoms with Gasteiger partial charge in [0.25, 0.3) is 0 Å². The van der Waals surface area contributed by atoms with Crippen molar-refractivity contribution in [1.29, 1.82) is 0 Å². The molecule has 0 aromatic heterocycles. The van der Waals surface area contributed by atoms with Crippen molar-refractivity contribution in [3.05, 3.63) is 48.0 Å². The first-order valence-electron chi connectivity index (χ1n) is 6.63. The Kier molecular flexibility index (Phi) is 4.93. The Morgan fingerprint density at radius 3 is 2.55 bits per heavy atom. The summed E-state index contributed by atoms with van der Waals surface area (Å²) >= 11 is 1.70. The molecule has 106 valence electrons. The molecule has 0 heterocycles. The summed E-state index contributed by atoms with van der Waals surface area (Å²) < 4.78 is 0. The van der Waals surface area contributed by atoms with E-state index in [-0.39, 0.29) is 5.75 Å². The van der Waals surface area contributed by atoms with Crippen molar-refractivity contribution in [1.82, 2.24) is 0 Å². The number of aromatic hydroxyl groups is 1. The number of phenolic OH excluding ortho intramolecular Hbond substituents is 1. The highest BCUT2D eigenvalue weighted by Gasteiger charge is 2.14. The smallest absolute Gasteiger partial charge is 0.117 e. The molecule has 4 heteroatoms. The van der Waals surface area contributed by atoms with Gasteiger partial charge in [0.1, 0.15) is 5.75 Å². The van der Waals surface area contributed by atoms with E-state index in [0.717, 1.165) is 23.5 Å². The third-order valence-electron chi connectivity index (χ3n) is 3.28. The zero-order valence-electron chi connectivity index (χ0n) is 11.8. The topological polar surface area (TPSA) is 49.5 Å². The minimum absolute atomic E-state index is 0.274. The molecule has 0 aliphatic rings. The minimum Gasteiger partial charge on any atom is -0.508 e. The van der Waals surface area contributed by atoms with Gasteiger partial charge in [-0.25, -0.2) is 0 Å². The number of hydrogen-bond donors (Lipinski definition) is 2. The lowest BCUT2D eigenvalue weighted by Crippen LogP contribution is -2.19. The van der Waals surface area contributed by atoms with Crippen LogP contribution in [0.2, 0.25) is 0 Å². The van der Waals surface area contributed by atoms with Crippen LogP contribution in [0.15, 0.2) is 47.4 Å². The average molecular weight is 288 g/mol. The van der Waals surface area contributed by atoms with Crippen molar-refractivity contribution in [2.75, 3.05) is 17.7 Å². The van der Waals surface area contributed by atoms with Gasteiger partial charge in [0, 0.05) is 41.0 Å². The maximum atomic E-state index is 9.68. The molecule has 0 amide bonds. The van der Waals surface area contributed by atoms with E-state index in [4.69, 9.17) is 5.73 Å². The zero-order valence-corrected chi connectivity index (χ0v) is 12.7. The van der Waals surface area contributed by atoms with Crippen molar-refractivity contribution in [3.63, 3.8) is 0 Å². The summed E-state index contributed by atoms with van der Waals surface area (Å²) in [6.07, 6.45) is 2.06. The van der Waals surface area contributed by atoms with E-state index < -0.39 is 0 Å². The van der Waals surface area contributed by atoms with Crippen LogP contribution >= 0.6 is 11.8 Å². The Morgan fingerprint density at radius 2 is 1.95 bits per heavy atom. The van der Waals surface area contributed by atoms with Crippen LogP contribution in [-0.2, 0) is 6.54 Å². The summed E-state index contributed by atoms with van der Waals surface area (Å²) in [5.74, 6) is 0.274. The van der Waals surface area contributed by atoms with Gasteiger partial charge in [0.15, 0.2) is 0 Å². The fraction of sp³-hybridized carbons (Fsp3) is 0.250. The third-order valence-corrected chi connectivity index (χ3v) is 4.10. The molecule has 0 aliphatic carbocycles. The van der Waals surface area contributed by atoms with Crippen LogP contribution in [0.25, 0.3) is 0 Å². The maximum absolute atomic E-state index is 9.68. The van der Waals surface area contributed by atoms with Gasteiger partial charge in [0.05, 0.1) is 0 Å². The van der Waals surface area contributed by atoms with Gasteiger partial charge < -0.3 is 15.7 Å². The van der Waals surface area contributed by atoms with Crippen LogP contribution in [0.4, 0.5) is 11.4 Å². The second-order valence-electron chi connectivity index (χ2n) is 4.43. The van der Waals surface area contributed by atoms with E-state index in [2.05, 4.69) is 30.2 Å². The normalized spacial score (nSPS) is 10.6. The molecule has 2 aromatic carbocycles. The molecule has 0 radical (unpaired) electrons. The van der Waals surface area contributed by atoms with Crippen molar-refractivity contribution in [2.45, 2.75) is 18.4 Å². The number of benzene rings is 2. The maximum Gasteiger partial charge on any atom is 0.117 e. The highest BCUT2D eigenvalue weighted by Crippen LogP contribution is 2.34. The molecule has 0 atom stereocenters. The van der Waals surface area contributed by atoms with Gasteiger partial charge in [-0.2, -0.15) is 0 Å². The Labute approximate surface area is 124 Å². The Morgan fingerprint density at radius 1 is 1.20 bits per heavy atom. The highest BCUT2D eigenvalue weighted by molar-refractivity contribution is 7.98. The molecule has 20 heavy (non-hydrogen) atoms. The van der Waals surface area contributed by atoms with Gasteiger partial charge in [-0.05, 0) is 37.4 Å². The molecule has 0 spiro atoms. The van der Waals surface area contributed by atoms with Crippen LogP contribution in [-0.4, -0.2) is 17.9 Å². The van der Waals surface area contributed by atoms with Crippen LogP contribution in [0.3, 0.4) is 0 Å². The number of nitrogens with two attached hydrogens (primary N) is 1. The zero-order chi connectivity index (χ0) is 14.5. The fourth-order valence-corrected chi connectivity index (χ4v) is 3.01. The molecule has 0 fully saturated rings. The van der Waals surface area contributed by atoms with Gasteiger partial charge in [-0.1, -0.05) is 12.1 Å². The molecule has 0 unspecified atom stereocenters. The molecular weight excluding hydrogens is 268 g/mol. The molecule has 2 aromatic rings. The Hall–Kier alpha value is -1.65. The summed E-state index contributed by atoms with van der Waals surface area (Å²) in [4.78, 5) is 3.37. The summed E-state index contributed by atoms with van der Waals surface area (Å²) in [6, 6.07) is 13.5. The van der Waals surface area contributed by atoms with E-state index in [1.165, 1.54) is 4.90 Å². The number of thioether (sulfide) groups is 1. The largest absolute Gasteiger partial charge is 0.508 e. The van der Waals surface area contributed by atoms with Crippen LogP contribution in [0, 0.1) is 0 Å². The number of nitrogens with zero attached hydrogens (tertiary/aromatic N) is 1. The predicted octanol–water partition coefficient (Wildman–Crippen LogP) is 3.73. The summed E-state index contributed by atoms with van der Waals surface area (Å²) in [6.45, 7) is 3.41. The molecule has 0 aliphatic heterocycles. The number of rotatable bonds is 5. The van der Waals surface area contributed by atoms with E-state index in [9.17, 15) is 5.11 Å². The van der Waals surface area contributed by atoms with Gasteiger partial charge in [-0.15, -0.1) is 11.8 Å². The van der Waals surface area contributed by atoms with Crippen LogP contribution in [0.1, 0.15) is 12.5 Å². The molecule has 3 nitrogen and oxygen atoms in total. The summed E-state index contributed by atoms with van der Waals surface area (Å²) in [5, 5.41) is 9.68. The van der Waals surface area contributed by atoms with E-state index in [1.807, 2.05) is 18.2 Å². The van der Waals surface area contributed by atoms with Crippen LogP contribution in [0.5, 0.6) is 5.75 Å².